The number of nitrogens with one attached hydrogen (secondary N) is 2. The van der Waals surface area contributed by atoms with E-state index in [0.717, 1.165) is 4.47 Å². The van der Waals surface area contributed by atoms with Gasteiger partial charge >= 0.3 is 0 Å². The number of hydrazone groups is 1. The van der Waals surface area contributed by atoms with Crippen LogP contribution in [-0.2, 0) is 10.0 Å². The van der Waals surface area contributed by atoms with E-state index in [1.54, 1.807) is 24.3 Å². The maximum atomic E-state index is 12.6. The van der Waals surface area contributed by atoms with Crippen LogP contribution >= 0.6 is 31.9 Å². The summed E-state index contributed by atoms with van der Waals surface area (Å²) < 4.78 is 34.1. The van der Waals surface area contributed by atoms with Crippen molar-refractivity contribution in [2.45, 2.75) is 11.8 Å². The highest BCUT2D eigenvalue weighted by Crippen LogP contribution is 2.30. The number of sulfonamides is 1. The molecule has 11 heteroatoms. The Bertz CT molecular complexity index is 1280. The Kier molecular flexibility index (Phi) is 8.11. The van der Waals surface area contributed by atoms with Crippen molar-refractivity contribution >= 4 is 59.7 Å². The number of halogens is 2. The van der Waals surface area contributed by atoms with E-state index in [4.69, 9.17) is 4.74 Å². The highest BCUT2D eigenvalue weighted by molar-refractivity contribution is 9.11. The van der Waals surface area contributed by atoms with Crippen molar-refractivity contribution in [2.24, 2.45) is 5.10 Å². The number of aromatic hydroxyl groups is 1. The Morgan fingerprint density at radius 1 is 1.09 bits per heavy atom. The molecular formula is C22H19Br2N3O5S. The van der Waals surface area contributed by atoms with Gasteiger partial charge in [0.1, 0.15) is 11.5 Å². The smallest absolute Gasteiger partial charge is 0.271 e. The van der Waals surface area contributed by atoms with E-state index >= 15 is 0 Å². The van der Waals surface area contributed by atoms with Gasteiger partial charge in [0.05, 0.1) is 22.2 Å². The standard InChI is InChI=1S/C22H19Br2N3O5S/c1-2-32-18-7-9-19(10-8-18)33(30,31)27-17-5-3-14(4-6-17)22(29)26-25-13-15-11-16(23)12-20(24)21(15)28/h3-13,27-28H,2H2,1H3,(H,26,29)/b25-13+. The summed E-state index contributed by atoms with van der Waals surface area (Å²) in [7, 11) is -3.80. The number of rotatable bonds is 8. The molecule has 0 radical (unpaired) electrons. The molecule has 0 aliphatic rings. The van der Waals surface area contributed by atoms with Crippen molar-refractivity contribution < 1.29 is 23.1 Å². The molecule has 3 N–H and O–H groups in total. The molecule has 1 amide bonds. The largest absolute Gasteiger partial charge is 0.506 e. The first-order valence-corrected chi connectivity index (χ1v) is 12.6. The van der Waals surface area contributed by atoms with E-state index in [2.05, 4.69) is 47.1 Å². The normalized spacial score (nSPS) is 11.4. The summed E-state index contributed by atoms with van der Waals surface area (Å²) >= 11 is 6.53. The summed E-state index contributed by atoms with van der Waals surface area (Å²) in [4.78, 5) is 12.4. The van der Waals surface area contributed by atoms with Crippen molar-refractivity contribution in [2.75, 3.05) is 11.3 Å². The third-order valence-corrected chi connectivity index (χ3v) is 6.73. The molecule has 0 atom stereocenters. The van der Waals surface area contributed by atoms with Crippen LogP contribution in [0.3, 0.4) is 0 Å². The fraction of sp³-hybridized carbons (Fsp3) is 0.0909. The summed E-state index contributed by atoms with van der Waals surface area (Å²) in [5.41, 5.74) is 3.33. The first-order valence-electron chi connectivity index (χ1n) is 9.57. The van der Waals surface area contributed by atoms with E-state index in [1.165, 1.54) is 42.6 Å². The zero-order chi connectivity index (χ0) is 24.0. The number of nitrogens with zero attached hydrogens (tertiary/aromatic N) is 1. The monoisotopic (exact) mass is 595 g/mol. The molecule has 172 valence electrons. The lowest BCUT2D eigenvalue weighted by atomic mass is 10.2. The molecule has 8 nitrogen and oxygen atoms in total. The van der Waals surface area contributed by atoms with Crippen LogP contribution in [0.25, 0.3) is 0 Å². The van der Waals surface area contributed by atoms with Crippen molar-refractivity contribution in [3.05, 3.63) is 80.7 Å². The Hall–Kier alpha value is -2.89. The maximum Gasteiger partial charge on any atom is 0.271 e. The number of benzene rings is 3. The average Bonchev–Trinajstić information content (AvgIpc) is 2.78. The second kappa shape index (κ2) is 10.8. The van der Waals surface area contributed by atoms with Gasteiger partial charge in [0, 0.05) is 21.3 Å². The van der Waals surface area contributed by atoms with Gasteiger partial charge in [0.25, 0.3) is 15.9 Å². The predicted molar refractivity (Wildman–Crippen MR) is 133 cm³/mol. The molecule has 0 unspecified atom stereocenters. The molecule has 0 aromatic heterocycles. The van der Waals surface area contributed by atoms with Gasteiger partial charge in [-0.1, -0.05) is 15.9 Å². The van der Waals surface area contributed by atoms with Gasteiger partial charge in [-0.3, -0.25) is 9.52 Å². The predicted octanol–water partition coefficient (Wildman–Crippen LogP) is 4.88. The van der Waals surface area contributed by atoms with E-state index in [0.29, 0.717) is 28.1 Å². The molecule has 3 aromatic carbocycles. The van der Waals surface area contributed by atoms with Crippen LogP contribution in [0, 0.1) is 0 Å². The Labute approximate surface area is 208 Å². The fourth-order valence-electron chi connectivity index (χ4n) is 2.69. The number of carbonyl (C=O) groups excluding carboxylic acids is 1. The van der Waals surface area contributed by atoms with Crippen molar-refractivity contribution in [3.63, 3.8) is 0 Å². The lowest BCUT2D eigenvalue weighted by Crippen LogP contribution is -2.18. The van der Waals surface area contributed by atoms with Crippen molar-refractivity contribution in [1.82, 2.24) is 5.43 Å². The zero-order valence-corrected chi connectivity index (χ0v) is 21.2. The third kappa shape index (κ3) is 6.56. The maximum absolute atomic E-state index is 12.6. The minimum absolute atomic E-state index is 0.0136. The zero-order valence-electron chi connectivity index (χ0n) is 17.2. The molecule has 0 aliphatic heterocycles. The summed E-state index contributed by atoms with van der Waals surface area (Å²) in [6, 6.07) is 15.3. The van der Waals surface area contributed by atoms with E-state index < -0.39 is 15.9 Å². The number of anilines is 1. The van der Waals surface area contributed by atoms with Crippen LogP contribution in [0.15, 0.2) is 79.6 Å². The van der Waals surface area contributed by atoms with Gasteiger partial charge in [-0.2, -0.15) is 5.10 Å². The number of hydrogen-bond donors (Lipinski definition) is 3. The molecule has 3 aromatic rings. The molecule has 0 spiro atoms. The second-order valence-electron chi connectivity index (χ2n) is 6.61. The lowest BCUT2D eigenvalue weighted by Gasteiger charge is -2.09. The Balaban J connectivity index is 1.64. The number of ether oxygens (including phenoxy) is 1. The molecule has 0 aliphatic carbocycles. The van der Waals surface area contributed by atoms with Crippen LogP contribution < -0.4 is 14.9 Å². The van der Waals surface area contributed by atoms with Crippen molar-refractivity contribution in [3.8, 4) is 11.5 Å². The molecule has 33 heavy (non-hydrogen) atoms. The topological polar surface area (TPSA) is 117 Å². The summed E-state index contributed by atoms with van der Waals surface area (Å²) in [5.74, 6) is 0.0679. The van der Waals surface area contributed by atoms with Gasteiger partial charge in [0.15, 0.2) is 0 Å². The van der Waals surface area contributed by atoms with Crippen LogP contribution in [-0.4, -0.2) is 32.3 Å². The van der Waals surface area contributed by atoms with E-state index in [-0.39, 0.29) is 16.2 Å². The summed E-state index contributed by atoms with van der Waals surface area (Å²) in [5, 5.41) is 13.9. The summed E-state index contributed by atoms with van der Waals surface area (Å²) in [6.07, 6.45) is 1.31. The number of phenols is 1. The Morgan fingerprint density at radius 3 is 2.39 bits per heavy atom. The number of hydrogen-bond acceptors (Lipinski definition) is 6. The third-order valence-electron chi connectivity index (χ3n) is 4.27. The molecule has 0 saturated heterocycles. The first kappa shape index (κ1) is 24.7. The van der Waals surface area contributed by atoms with Crippen LogP contribution in [0.2, 0.25) is 0 Å². The van der Waals surface area contributed by atoms with Gasteiger partial charge in [-0.25, -0.2) is 13.8 Å². The van der Waals surface area contributed by atoms with Gasteiger partial charge in [-0.05, 0) is 83.5 Å². The minimum Gasteiger partial charge on any atom is -0.506 e. The molecule has 0 saturated carbocycles. The van der Waals surface area contributed by atoms with Crippen LogP contribution in [0.1, 0.15) is 22.8 Å². The molecule has 0 fully saturated rings. The minimum atomic E-state index is -3.80. The highest BCUT2D eigenvalue weighted by atomic mass is 79.9. The molecular weight excluding hydrogens is 578 g/mol. The van der Waals surface area contributed by atoms with Crippen LogP contribution in [0.4, 0.5) is 5.69 Å². The van der Waals surface area contributed by atoms with Gasteiger partial charge < -0.3 is 9.84 Å². The van der Waals surface area contributed by atoms with E-state index in [9.17, 15) is 18.3 Å². The molecule has 0 heterocycles. The van der Waals surface area contributed by atoms with E-state index in [1.807, 2.05) is 6.92 Å². The second-order valence-corrected chi connectivity index (χ2v) is 10.1. The number of carbonyl (C=O) groups is 1. The molecule has 0 bridgehead atoms. The highest BCUT2D eigenvalue weighted by Gasteiger charge is 2.15. The molecule has 3 rings (SSSR count). The number of phenolic OH excluding ortho intramolecular Hbond substituents is 1. The quantitative estimate of drug-likeness (QED) is 0.253. The van der Waals surface area contributed by atoms with Crippen molar-refractivity contribution in [1.29, 1.82) is 0 Å². The average molecular weight is 597 g/mol. The van der Waals surface area contributed by atoms with Crippen LogP contribution in [0.5, 0.6) is 11.5 Å². The summed E-state index contributed by atoms with van der Waals surface area (Å²) in [6.45, 7) is 2.33. The lowest BCUT2D eigenvalue weighted by molar-refractivity contribution is 0.0955. The fourth-order valence-corrected chi connectivity index (χ4v) is 5.01. The van der Waals surface area contributed by atoms with Gasteiger partial charge in [0.2, 0.25) is 0 Å². The van der Waals surface area contributed by atoms with Gasteiger partial charge in [-0.15, -0.1) is 0 Å². The SMILES string of the molecule is CCOc1ccc(S(=O)(=O)Nc2ccc(C(=O)N/N=C/c3cc(Br)cc(Br)c3O)cc2)cc1. The first-order chi connectivity index (χ1) is 15.7. The number of amides is 1. The Morgan fingerprint density at radius 2 is 1.76 bits per heavy atom.